The number of carbonyl (C=O) groups is 1. The average Bonchev–Trinajstić information content (AvgIpc) is 2.89. The van der Waals surface area contributed by atoms with Gasteiger partial charge in [-0.15, -0.1) is 0 Å². The summed E-state index contributed by atoms with van der Waals surface area (Å²) in [6, 6.07) is 12.1. The van der Waals surface area contributed by atoms with Gasteiger partial charge in [-0.2, -0.15) is 0 Å². The lowest BCUT2D eigenvalue weighted by Gasteiger charge is -2.58. The molecule has 1 aromatic carbocycles. The standard InChI is InChI=1S/C29H38N4O4/c1-18-17-32(22-7-8-24(36-2)25(13-22)37-3)9-10-33(18)26-6-4-5-23(30-26)28(34)31-27-20-11-19-12-21(27)16-29(35,14-19)15-20/h4-8,13,18-21,27,35H,9-12,14-17H2,1-3H3,(H,31,34)/t18-,19?,20?,21?,27?,29?/m1/s1. The summed E-state index contributed by atoms with van der Waals surface area (Å²) in [5.41, 5.74) is 1.08. The Hall–Kier alpha value is -3.00. The summed E-state index contributed by atoms with van der Waals surface area (Å²) in [6.07, 6.45) is 4.83. The second kappa shape index (κ2) is 9.39. The van der Waals surface area contributed by atoms with Crippen molar-refractivity contribution in [3.8, 4) is 11.5 Å². The van der Waals surface area contributed by atoms with Crippen LogP contribution in [0.25, 0.3) is 0 Å². The number of hydrogen-bond acceptors (Lipinski definition) is 7. The van der Waals surface area contributed by atoms with Gasteiger partial charge in [0.05, 0.1) is 19.8 Å². The van der Waals surface area contributed by atoms with E-state index in [1.165, 1.54) is 0 Å². The van der Waals surface area contributed by atoms with Gasteiger partial charge in [0.25, 0.3) is 5.91 Å². The molecule has 2 aromatic rings. The minimum absolute atomic E-state index is 0.0945. The van der Waals surface area contributed by atoms with Crippen LogP contribution in [-0.4, -0.2) is 67.5 Å². The molecule has 4 saturated carbocycles. The van der Waals surface area contributed by atoms with Gasteiger partial charge in [0, 0.05) is 43.5 Å². The van der Waals surface area contributed by atoms with Crippen molar-refractivity contribution in [2.45, 2.75) is 56.7 Å². The molecule has 37 heavy (non-hydrogen) atoms. The van der Waals surface area contributed by atoms with E-state index in [9.17, 15) is 9.90 Å². The fourth-order valence-corrected chi connectivity index (χ4v) is 7.71. The Labute approximate surface area is 219 Å². The number of hydrogen-bond donors (Lipinski definition) is 2. The van der Waals surface area contributed by atoms with Crippen LogP contribution >= 0.6 is 0 Å². The maximum atomic E-state index is 13.3. The number of pyridine rings is 1. The number of aliphatic hydroxyl groups is 1. The number of anilines is 2. The molecule has 4 bridgehead atoms. The first kappa shape index (κ1) is 24.3. The highest BCUT2D eigenvalue weighted by Crippen LogP contribution is 2.55. The van der Waals surface area contributed by atoms with E-state index in [0.29, 0.717) is 23.4 Å². The number of carbonyl (C=O) groups excluding carboxylic acids is 1. The predicted molar refractivity (Wildman–Crippen MR) is 143 cm³/mol. The van der Waals surface area contributed by atoms with Gasteiger partial charge in [-0.05, 0) is 81.0 Å². The van der Waals surface area contributed by atoms with E-state index in [1.54, 1.807) is 14.2 Å². The number of benzene rings is 1. The Morgan fingerprint density at radius 2 is 1.81 bits per heavy atom. The smallest absolute Gasteiger partial charge is 0.270 e. The Kier molecular flexibility index (Phi) is 6.18. The highest BCUT2D eigenvalue weighted by atomic mass is 16.5. The fourth-order valence-electron chi connectivity index (χ4n) is 7.71. The number of methoxy groups -OCH3 is 2. The molecule has 5 aliphatic rings. The normalized spacial score (nSPS) is 32.4. The lowest BCUT2D eigenvalue weighted by Crippen LogP contribution is -2.61. The van der Waals surface area contributed by atoms with E-state index in [-0.39, 0.29) is 18.0 Å². The average molecular weight is 507 g/mol. The van der Waals surface area contributed by atoms with Crippen LogP contribution in [0.3, 0.4) is 0 Å². The Balaban J connectivity index is 1.12. The van der Waals surface area contributed by atoms with E-state index in [1.807, 2.05) is 30.3 Å². The lowest BCUT2D eigenvalue weighted by molar-refractivity contribution is -0.136. The van der Waals surface area contributed by atoms with Crippen LogP contribution in [0.2, 0.25) is 0 Å². The molecule has 8 nitrogen and oxygen atoms in total. The maximum absolute atomic E-state index is 13.3. The van der Waals surface area contributed by atoms with Crippen LogP contribution in [0.1, 0.15) is 49.5 Å². The van der Waals surface area contributed by atoms with Crippen molar-refractivity contribution in [2.24, 2.45) is 17.8 Å². The van der Waals surface area contributed by atoms with Crippen LogP contribution in [-0.2, 0) is 0 Å². The second-order valence-corrected chi connectivity index (χ2v) is 11.6. The summed E-state index contributed by atoms with van der Waals surface area (Å²) in [5, 5.41) is 14.2. The molecule has 1 amide bonds. The molecule has 1 aliphatic heterocycles. The van der Waals surface area contributed by atoms with Gasteiger partial charge in [0.1, 0.15) is 11.5 Å². The first-order valence-electron chi connectivity index (χ1n) is 13.6. The van der Waals surface area contributed by atoms with Crippen LogP contribution in [0.4, 0.5) is 11.5 Å². The summed E-state index contributed by atoms with van der Waals surface area (Å²) < 4.78 is 10.9. The molecular weight excluding hydrogens is 468 g/mol. The molecule has 0 spiro atoms. The molecular formula is C29H38N4O4. The number of nitrogens with one attached hydrogen (secondary N) is 1. The Bertz CT molecular complexity index is 1160. The number of piperazine rings is 1. The Morgan fingerprint density at radius 1 is 1.05 bits per heavy atom. The molecule has 3 atom stereocenters. The number of amides is 1. The van der Waals surface area contributed by atoms with Crippen LogP contribution in [0.5, 0.6) is 11.5 Å². The first-order valence-corrected chi connectivity index (χ1v) is 13.6. The minimum Gasteiger partial charge on any atom is -0.493 e. The van der Waals surface area contributed by atoms with Crippen molar-refractivity contribution in [3.05, 3.63) is 42.1 Å². The number of aromatic nitrogens is 1. The third-order valence-electron chi connectivity index (χ3n) is 9.16. The minimum atomic E-state index is -0.495. The van der Waals surface area contributed by atoms with Gasteiger partial charge in [-0.1, -0.05) is 6.07 Å². The lowest BCUT2D eigenvalue weighted by atomic mass is 9.52. The quantitative estimate of drug-likeness (QED) is 0.620. The SMILES string of the molecule is COc1ccc(N2CCN(c3cccc(C(=O)NC4C5CC6CC4CC(O)(C6)C5)n3)[C@H](C)C2)cc1OC. The summed E-state index contributed by atoms with van der Waals surface area (Å²) in [7, 11) is 3.30. The van der Waals surface area contributed by atoms with Crippen molar-refractivity contribution in [1.82, 2.24) is 10.3 Å². The van der Waals surface area contributed by atoms with E-state index < -0.39 is 5.60 Å². The van der Waals surface area contributed by atoms with Gasteiger partial charge < -0.3 is 29.7 Å². The number of rotatable bonds is 6. The van der Waals surface area contributed by atoms with Crippen molar-refractivity contribution in [3.63, 3.8) is 0 Å². The number of nitrogens with zero attached hydrogens (tertiary/aromatic N) is 3. The van der Waals surface area contributed by atoms with Crippen LogP contribution < -0.4 is 24.6 Å². The van der Waals surface area contributed by atoms with Crippen molar-refractivity contribution >= 4 is 17.4 Å². The third kappa shape index (κ3) is 4.49. The van der Waals surface area contributed by atoms with E-state index in [0.717, 1.165) is 74.7 Å². The molecule has 0 radical (unpaired) electrons. The maximum Gasteiger partial charge on any atom is 0.270 e. The molecule has 2 heterocycles. The molecule has 1 aromatic heterocycles. The van der Waals surface area contributed by atoms with Crippen molar-refractivity contribution in [1.29, 1.82) is 0 Å². The number of ether oxygens (including phenoxy) is 2. The van der Waals surface area contributed by atoms with Gasteiger partial charge >= 0.3 is 0 Å². The van der Waals surface area contributed by atoms with E-state index in [4.69, 9.17) is 14.5 Å². The summed E-state index contributed by atoms with van der Waals surface area (Å²) in [4.78, 5) is 22.7. The molecule has 8 heteroatoms. The predicted octanol–water partition coefficient (Wildman–Crippen LogP) is 3.48. The third-order valence-corrected chi connectivity index (χ3v) is 9.16. The molecule has 5 fully saturated rings. The zero-order valence-electron chi connectivity index (χ0n) is 22.0. The van der Waals surface area contributed by atoms with Gasteiger partial charge in [0.15, 0.2) is 11.5 Å². The zero-order chi connectivity index (χ0) is 25.7. The summed E-state index contributed by atoms with van der Waals surface area (Å²) in [6.45, 7) is 4.68. The molecule has 2 N–H and O–H groups in total. The topological polar surface area (TPSA) is 87.2 Å². The monoisotopic (exact) mass is 506 g/mol. The highest BCUT2D eigenvalue weighted by Gasteiger charge is 2.55. The zero-order valence-corrected chi connectivity index (χ0v) is 22.0. The van der Waals surface area contributed by atoms with Gasteiger partial charge in [-0.3, -0.25) is 4.79 Å². The molecule has 4 aliphatic carbocycles. The van der Waals surface area contributed by atoms with Crippen molar-refractivity contribution in [2.75, 3.05) is 43.7 Å². The van der Waals surface area contributed by atoms with E-state index in [2.05, 4.69) is 28.1 Å². The highest BCUT2D eigenvalue weighted by molar-refractivity contribution is 5.93. The molecule has 7 rings (SSSR count). The molecule has 2 unspecified atom stereocenters. The largest absolute Gasteiger partial charge is 0.493 e. The fraction of sp³-hybridized carbons (Fsp3) is 0.586. The summed E-state index contributed by atoms with van der Waals surface area (Å²) in [5.74, 6) is 3.58. The van der Waals surface area contributed by atoms with Crippen LogP contribution in [0.15, 0.2) is 36.4 Å². The second-order valence-electron chi connectivity index (χ2n) is 11.6. The van der Waals surface area contributed by atoms with Crippen LogP contribution in [0, 0.1) is 17.8 Å². The Morgan fingerprint density at radius 3 is 2.49 bits per heavy atom. The molecule has 198 valence electrons. The van der Waals surface area contributed by atoms with Gasteiger partial charge in [0.2, 0.25) is 0 Å². The summed E-state index contributed by atoms with van der Waals surface area (Å²) >= 11 is 0. The van der Waals surface area contributed by atoms with Gasteiger partial charge in [-0.25, -0.2) is 4.98 Å². The van der Waals surface area contributed by atoms with E-state index >= 15 is 0 Å². The molecule has 1 saturated heterocycles. The first-order chi connectivity index (χ1) is 17.9. The van der Waals surface area contributed by atoms with Crippen molar-refractivity contribution < 1.29 is 19.4 Å².